The molecule has 2 aromatic carbocycles. The fraction of sp³-hybridized carbons (Fsp3) is 0.321. The van der Waals surface area contributed by atoms with E-state index in [2.05, 4.69) is 39.8 Å². The third-order valence-corrected chi connectivity index (χ3v) is 7.23. The summed E-state index contributed by atoms with van der Waals surface area (Å²) in [5.41, 5.74) is 2.81. The average Bonchev–Trinajstić information content (AvgIpc) is 3.39. The molecule has 7 nitrogen and oxygen atoms in total. The molecule has 8 heteroatoms. The van der Waals surface area contributed by atoms with E-state index in [1.165, 1.54) is 0 Å². The van der Waals surface area contributed by atoms with Crippen LogP contribution in [0.2, 0.25) is 0 Å². The first-order chi connectivity index (χ1) is 17.4. The molecule has 1 amide bonds. The SMILES string of the molecule is CCN(CC)CCCN1C(=O)C(=O)/C(=C(/O)c2cnn(-c3ccccc3)c2C)C1c1cccc(Br)c1. The predicted molar refractivity (Wildman–Crippen MR) is 144 cm³/mol. The number of nitrogens with zero attached hydrogens (tertiary/aromatic N) is 4. The largest absolute Gasteiger partial charge is 0.507 e. The number of carbonyl (C=O) groups excluding carboxylic acids is 2. The molecule has 188 valence electrons. The van der Waals surface area contributed by atoms with Gasteiger partial charge in [-0.2, -0.15) is 5.10 Å². The minimum absolute atomic E-state index is 0.0941. The van der Waals surface area contributed by atoms with Crippen LogP contribution in [0.5, 0.6) is 0 Å². The van der Waals surface area contributed by atoms with Crippen molar-refractivity contribution in [3.63, 3.8) is 0 Å². The van der Waals surface area contributed by atoms with Crippen molar-refractivity contribution >= 4 is 33.4 Å². The summed E-state index contributed by atoms with van der Waals surface area (Å²) in [6.45, 7) is 9.14. The van der Waals surface area contributed by atoms with Crippen LogP contribution in [-0.2, 0) is 9.59 Å². The van der Waals surface area contributed by atoms with Gasteiger partial charge in [0.2, 0.25) is 0 Å². The van der Waals surface area contributed by atoms with Crippen LogP contribution in [0.4, 0.5) is 0 Å². The van der Waals surface area contributed by atoms with Crippen molar-refractivity contribution in [2.45, 2.75) is 33.2 Å². The van der Waals surface area contributed by atoms with Gasteiger partial charge in [-0.1, -0.05) is 60.1 Å². The van der Waals surface area contributed by atoms with Gasteiger partial charge in [0.1, 0.15) is 5.76 Å². The maximum atomic E-state index is 13.3. The van der Waals surface area contributed by atoms with Gasteiger partial charge in [0.05, 0.1) is 34.8 Å². The minimum atomic E-state index is -0.682. The van der Waals surface area contributed by atoms with Crippen LogP contribution >= 0.6 is 15.9 Å². The molecule has 1 atom stereocenters. The maximum absolute atomic E-state index is 13.3. The number of aliphatic hydroxyl groups is 1. The lowest BCUT2D eigenvalue weighted by Crippen LogP contribution is -2.33. The zero-order chi connectivity index (χ0) is 25.8. The van der Waals surface area contributed by atoms with Gasteiger partial charge in [0.25, 0.3) is 11.7 Å². The molecule has 1 aliphatic rings. The predicted octanol–water partition coefficient (Wildman–Crippen LogP) is 5.10. The minimum Gasteiger partial charge on any atom is -0.507 e. The molecular formula is C28H31BrN4O3. The molecule has 0 radical (unpaired) electrons. The highest BCUT2D eigenvalue weighted by Crippen LogP contribution is 2.40. The van der Waals surface area contributed by atoms with E-state index in [1.807, 2.05) is 61.5 Å². The second-order valence-electron chi connectivity index (χ2n) is 8.82. The summed E-state index contributed by atoms with van der Waals surface area (Å²) in [6.07, 6.45) is 2.27. The third kappa shape index (κ3) is 5.01. The van der Waals surface area contributed by atoms with Crippen LogP contribution in [0, 0.1) is 6.92 Å². The number of aromatic nitrogens is 2. The van der Waals surface area contributed by atoms with Gasteiger partial charge in [0, 0.05) is 11.0 Å². The van der Waals surface area contributed by atoms with E-state index < -0.39 is 17.7 Å². The smallest absolute Gasteiger partial charge is 0.295 e. The van der Waals surface area contributed by atoms with Crippen LogP contribution in [0.3, 0.4) is 0 Å². The third-order valence-electron chi connectivity index (χ3n) is 6.74. The summed E-state index contributed by atoms with van der Waals surface area (Å²) in [4.78, 5) is 30.4. The molecule has 0 spiro atoms. The molecule has 0 saturated carbocycles. The Morgan fingerprint density at radius 1 is 1.08 bits per heavy atom. The lowest BCUT2D eigenvalue weighted by atomic mass is 9.95. The molecule has 3 aromatic rings. The van der Waals surface area contributed by atoms with Crippen molar-refractivity contribution in [2.24, 2.45) is 0 Å². The van der Waals surface area contributed by atoms with E-state index in [0.29, 0.717) is 17.8 Å². The first kappa shape index (κ1) is 25.9. The highest BCUT2D eigenvalue weighted by atomic mass is 79.9. The Morgan fingerprint density at radius 2 is 1.81 bits per heavy atom. The zero-order valence-electron chi connectivity index (χ0n) is 20.8. The van der Waals surface area contributed by atoms with Crippen LogP contribution in [0.15, 0.2) is 70.8 Å². The van der Waals surface area contributed by atoms with Gasteiger partial charge in [-0.15, -0.1) is 0 Å². The highest BCUT2D eigenvalue weighted by molar-refractivity contribution is 9.10. The highest BCUT2D eigenvalue weighted by Gasteiger charge is 2.46. The number of benzene rings is 2. The quantitative estimate of drug-likeness (QED) is 0.228. The summed E-state index contributed by atoms with van der Waals surface area (Å²) in [5.74, 6) is -1.47. The van der Waals surface area contributed by atoms with Gasteiger partial charge < -0.3 is 14.9 Å². The average molecular weight is 551 g/mol. The van der Waals surface area contributed by atoms with Crippen molar-refractivity contribution in [1.29, 1.82) is 0 Å². The van der Waals surface area contributed by atoms with Gasteiger partial charge >= 0.3 is 0 Å². The molecular weight excluding hydrogens is 520 g/mol. The lowest BCUT2D eigenvalue weighted by Gasteiger charge is -2.27. The van der Waals surface area contributed by atoms with Crippen LogP contribution in [-0.4, -0.2) is 62.6 Å². The van der Waals surface area contributed by atoms with Crippen molar-refractivity contribution in [3.05, 3.63) is 87.7 Å². The van der Waals surface area contributed by atoms with E-state index in [4.69, 9.17) is 0 Å². The molecule has 0 bridgehead atoms. The summed E-state index contributed by atoms with van der Waals surface area (Å²) in [7, 11) is 0. The fourth-order valence-electron chi connectivity index (χ4n) is 4.76. The van der Waals surface area contributed by atoms with Gasteiger partial charge in [-0.3, -0.25) is 9.59 Å². The van der Waals surface area contributed by atoms with E-state index in [-0.39, 0.29) is 11.3 Å². The Morgan fingerprint density at radius 3 is 2.47 bits per heavy atom. The Bertz CT molecular complexity index is 1280. The number of halogens is 1. The lowest BCUT2D eigenvalue weighted by molar-refractivity contribution is -0.140. The molecule has 1 unspecified atom stereocenters. The molecule has 1 aromatic heterocycles. The van der Waals surface area contributed by atoms with E-state index in [9.17, 15) is 14.7 Å². The number of amides is 1. The Balaban J connectivity index is 1.77. The first-order valence-corrected chi connectivity index (χ1v) is 13.0. The fourth-order valence-corrected chi connectivity index (χ4v) is 5.17. The van der Waals surface area contributed by atoms with E-state index >= 15 is 0 Å². The van der Waals surface area contributed by atoms with Crippen molar-refractivity contribution in [3.8, 4) is 5.69 Å². The number of hydrogen-bond donors (Lipinski definition) is 1. The van der Waals surface area contributed by atoms with Crippen LogP contribution in [0.1, 0.15) is 43.1 Å². The van der Waals surface area contributed by atoms with E-state index in [1.54, 1.807) is 15.8 Å². The normalized spacial score (nSPS) is 17.4. The number of para-hydroxylation sites is 1. The van der Waals surface area contributed by atoms with Crippen molar-refractivity contribution < 1.29 is 14.7 Å². The van der Waals surface area contributed by atoms with Gasteiger partial charge in [0.15, 0.2) is 0 Å². The summed E-state index contributed by atoms with van der Waals surface area (Å²) < 4.78 is 2.55. The van der Waals surface area contributed by atoms with Crippen molar-refractivity contribution in [1.82, 2.24) is 19.6 Å². The van der Waals surface area contributed by atoms with Gasteiger partial charge in [-0.25, -0.2) is 4.68 Å². The monoisotopic (exact) mass is 550 g/mol. The number of likely N-dealkylation sites (tertiary alicyclic amines) is 1. The Labute approximate surface area is 220 Å². The molecule has 1 N–H and O–H groups in total. The molecule has 2 heterocycles. The molecule has 4 rings (SSSR count). The number of hydrogen-bond acceptors (Lipinski definition) is 5. The summed E-state index contributed by atoms with van der Waals surface area (Å²) >= 11 is 3.51. The van der Waals surface area contributed by atoms with Gasteiger partial charge in [-0.05, 0) is 62.8 Å². The second kappa shape index (κ2) is 11.2. The number of ketones is 1. The molecule has 0 aliphatic carbocycles. The van der Waals surface area contributed by atoms with Crippen LogP contribution < -0.4 is 0 Å². The summed E-state index contributed by atoms with van der Waals surface area (Å²) in [6, 6.07) is 16.4. The molecule has 1 fully saturated rings. The summed E-state index contributed by atoms with van der Waals surface area (Å²) in [5, 5.41) is 15.9. The standard InChI is InChI=1S/C28H31BrN4O3/c1-4-31(5-2)15-10-16-32-25(20-11-9-12-21(29)17-20)24(27(35)28(32)36)26(34)23-18-30-33(19(23)3)22-13-7-6-8-14-22/h6-9,11-14,17-18,25,34H,4-5,10,15-16H2,1-3H3/b26-24+. The molecule has 1 aliphatic heterocycles. The number of aliphatic hydroxyl groups excluding tert-OH is 1. The molecule has 1 saturated heterocycles. The number of carbonyl (C=O) groups is 2. The Hall–Kier alpha value is -3.23. The van der Waals surface area contributed by atoms with E-state index in [0.717, 1.165) is 41.8 Å². The number of rotatable bonds is 9. The molecule has 36 heavy (non-hydrogen) atoms. The van der Waals surface area contributed by atoms with Crippen molar-refractivity contribution in [2.75, 3.05) is 26.2 Å². The second-order valence-corrected chi connectivity index (χ2v) is 9.73. The maximum Gasteiger partial charge on any atom is 0.295 e. The zero-order valence-corrected chi connectivity index (χ0v) is 22.4. The first-order valence-electron chi connectivity index (χ1n) is 12.2. The number of Topliss-reactive ketones (excluding diaryl/α,β-unsaturated/α-hetero) is 1. The topological polar surface area (TPSA) is 78.7 Å². The van der Waals surface area contributed by atoms with Crippen LogP contribution in [0.25, 0.3) is 11.4 Å². The Kier molecular flexibility index (Phi) is 8.06.